The van der Waals surface area contributed by atoms with Gasteiger partial charge in [0.25, 0.3) is 0 Å². The summed E-state index contributed by atoms with van der Waals surface area (Å²) in [5, 5.41) is 4.71. The SMILES string of the molecule is CC(C)[C@@H]1CC[C@@H](C)C[C@H]1OCC1=NN[C@@H]([Si](C)(C)C)[C@H]1c1ccco1. The molecule has 1 fully saturated rings. The van der Waals surface area contributed by atoms with E-state index in [-0.39, 0.29) is 5.92 Å². The molecule has 0 unspecified atom stereocenters. The molecular formula is C21H36N2O2Si. The first-order valence-electron chi connectivity index (χ1n) is 10.2. The normalized spacial score (nSPS) is 32.6. The van der Waals surface area contributed by atoms with Crippen LogP contribution in [-0.4, -0.2) is 32.2 Å². The molecule has 3 rings (SSSR count). The second-order valence-electron chi connectivity index (χ2n) is 9.74. The summed E-state index contributed by atoms with van der Waals surface area (Å²) in [7, 11) is -1.44. The molecule has 1 aromatic heterocycles. The molecule has 0 spiro atoms. The Labute approximate surface area is 159 Å². The molecule has 26 heavy (non-hydrogen) atoms. The zero-order chi connectivity index (χ0) is 18.9. The summed E-state index contributed by atoms with van der Waals surface area (Å²) in [4.78, 5) is 0. The maximum Gasteiger partial charge on any atom is 0.114 e. The molecule has 0 bridgehead atoms. The van der Waals surface area contributed by atoms with E-state index >= 15 is 0 Å². The minimum atomic E-state index is -1.44. The van der Waals surface area contributed by atoms with E-state index in [0.717, 1.165) is 17.4 Å². The number of rotatable bonds is 6. The van der Waals surface area contributed by atoms with Crippen LogP contribution < -0.4 is 5.43 Å². The summed E-state index contributed by atoms with van der Waals surface area (Å²) < 4.78 is 12.3. The summed E-state index contributed by atoms with van der Waals surface area (Å²) >= 11 is 0. The summed E-state index contributed by atoms with van der Waals surface area (Å²) in [5.41, 5.74) is 4.89. The van der Waals surface area contributed by atoms with Crippen LogP contribution in [0.4, 0.5) is 0 Å². The molecule has 4 nitrogen and oxygen atoms in total. The minimum Gasteiger partial charge on any atom is -0.469 e. The van der Waals surface area contributed by atoms with Crippen molar-refractivity contribution in [3.8, 4) is 0 Å². The molecule has 0 radical (unpaired) electrons. The van der Waals surface area contributed by atoms with E-state index in [1.165, 1.54) is 19.3 Å². The topological polar surface area (TPSA) is 46.8 Å². The summed E-state index contributed by atoms with van der Waals surface area (Å²) in [5.74, 6) is 3.31. The molecule has 1 aliphatic carbocycles. The lowest BCUT2D eigenvalue weighted by atomic mass is 9.75. The van der Waals surface area contributed by atoms with Gasteiger partial charge in [0.05, 0.1) is 44.3 Å². The van der Waals surface area contributed by atoms with Gasteiger partial charge >= 0.3 is 0 Å². The number of nitrogens with zero attached hydrogens (tertiary/aromatic N) is 1. The van der Waals surface area contributed by atoms with Crippen molar-refractivity contribution >= 4 is 13.8 Å². The van der Waals surface area contributed by atoms with Crippen molar-refractivity contribution in [3.05, 3.63) is 24.2 Å². The Hall–Kier alpha value is -1.07. The van der Waals surface area contributed by atoms with Crippen molar-refractivity contribution in [1.29, 1.82) is 0 Å². The fourth-order valence-electron chi connectivity index (χ4n) is 4.60. The van der Waals surface area contributed by atoms with Gasteiger partial charge in [-0.05, 0) is 42.7 Å². The first-order valence-corrected chi connectivity index (χ1v) is 13.8. The first kappa shape index (κ1) is 19.7. The number of ether oxygens (including phenoxy) is 1. The smallest absolute Gasteiger partial charge is 0.114 e. The molecule has 2 heterocycles. The van der Waals surface area contributed by atoms with E-state index < -0.39 is 8.07 Å². The standard InChI is InChI=1S/C21H36N2O2Si/c1-14(2)16-10-9-15(3)12-19(16)25-13-17-20(18-8-7-11-24-18)21(23-22-17)26(4,5)6/h7-8,11,14-16,19-21,23H,9-10,12-13H2,1-6H3/t15-,16+,19-,20-,21+/m1/s1. The van der Waals surface area contributed by atoms with E-state index in [0.29, 0.717) is 30.2 Å². The zero-order valence-corrected chi connectivity index (χ0v) is 18.3. The highest BCUT2D eigenvalue weighted by molar-refractivity contribution is 6.78. The summed E-state index contributed by atoms with van der Waals surface area (Å²) in [6.07, 6.45) is 5.91. The maximum absolute atomic E-state index is 6.50. The van der Waals surface area contributed by atoms with E-state index in [1.807, 2.05) is 6.07 Å². The Morgan fingerprint density at radius 1 is 1.31 bits per heavy atom. The van der Waals surface area contributed by atoms with E-state index in [4.69, 9.17) is 14.3 Å². The number of hydrazone groups is 1. The van der Waals surface area contributed by atoms with Crippen LogP contribution >= 0.6 is 0 Å². The van der Waals surface area contributed by atoms with Crippen LogP contribution in [0.5, 0.6) is 0 Å². The Morgan fingerprint density at radius 3 is 2.69 bits per heavy atom. The van der Waals surface area contributed by atoms with Crippen molar-refractivity contribution in [1.82, 2.24) is 5.43 Å². The van der Waals surface area contributed by atoms with Crippen LogP contribution in [0.15, 0.2) is 27.9 Å². The number of nitrogens with one attached hydrogen (secondary N) is 1. The van der Waals surface area contributed by atoms with Gasteiger partial charge in [0.2, 0.25) is 0 Å². The molecule has 0 aromatic carbocycles. The Kier molecular flexibility index (Phi) is 5.97. The summed E-state index contributed by atoms with van der Waals surface area (Å²) in [6, 6.07) is 4.06. The lowest BCUT2D eigenvalue weighted by Crippen LogP contribution is -2.48. The third-order valence-corrected chi connectivity index (χ3v) is 8.56. The fraction of sp³-hybridized carbons (Fsp3) is 0.762. The van der Waals surface area contributed by atoms with Crippen molar-refractivity contribution in [2.45, 2.75) is 77.4 Å². The van der Waals surface area contributed by atoms with Crippen LogP contribution in [0.25, 0.3) is 0 Å². The first-order chi connectivity index (χ1) is 12.3. The highest BCUT2D eigenvalue weighted by atomic mass is 28.3. The van der Waals surface area contributed by atoms with Gasteiger partial charge in [0.1, 0.15) is 5.76 Å². The fourth-order valence-corrected chi connectivity index (χ4v) is 6.41. The average molecular weight is 377 g/mol. The molecular weight excluding hydrogens is 340 g/mol. The van der Waals surface area contributed by atoms with Crippen molar-refractivity contribution < 1.29 is 9.15 Å². The molecule has 0 amide bonds. The maximum atomic E-state index is 6.50. The number of hydrogen-bond acceptors (Lipinski definition) is 4. The molecule has 5 atom stereocenters. The van der Waals surface area contributed by atoms with Gasteiger partial charge in [-0.25, -0.2) is 0 Å². The molecule has 0 saturated heterocycles. The highest BCUT2D eigenvalue weighted by Crippen LogP contribution is 2.36. The van der Waals surface area contributed by atoms with Gasteiger partial charge in [0.15, 0.2) is 0 Å². The van der Waals surface area contributed by atoms with E-state index in [2.05, 4.69) is 51.9 Å². The van der Waals surface area contributed by atoms with Gasteiger partial charge in [0, 0.05) is 0 Å². The second-order valence-corrected chi connectivity index (χ2v) is 15.1. The Balaban J connectivity index is 1.72. The molecule has 5 heteroatoms. The predicted molar refractivity (Wildman–Crippen MR) is 110 cm³/mol. The molecule has 1 aromatic rings. The van der Waals surface area contributed by atoms with Crippen LogP contribution in [-0.2, 0) is 4.74 Å². The molecule has 1 aliphatic heterocycles. The number of furan rings is 1. The molecule has 2 aliphatic rings. The zero-order valence-electron chi connectivity index (χ0n) is 17.3. The third-order valence-electron chi connectivity index (χ3n) is 6.23. The largest absolute Gasteiger partial charge is 0.469 e. The highest BCUT2D eigenvalue weighted by Gasteiger charge is 2.43. The quantitative estimate of drug-likeness (QED) is 0.707. The predicted octanol–water partition coefficient (Wildman–Crippen LogP) is 5.05. The molecule has 146 valence electrons. The van der Waals surface area contributed by atoms with Gasteiger partial charge in [-0.1, -0.05) is 46.8 Å². The van der Waals surface area contributed by atoms with Gasteiger partial charge in [-0.3, -0.25) is 0 Å². The van der Waals surface area contributed by atoms with Crippen molar-refractivity contribution in [2.75, 3.05) is 6.61 Å². The van der Waals surface area contributed by atoms with E-state index in [9.17, 15) is 0 Å². The van der Waals surface area contributed by atoms with Crippen molar-refractivity contribution in [3.63, 3.8) is 0 Å². The Bertz CT molecular complexity index is 606. The molecule has 1 saturated carbocycles. The van der Waals surface area contributed by atoms with Crippen LogP contribution in [0.1, 0.15) is 51.7 Å². The van der Waals surface area contributed by atoms with Crippen LogP contribution in [0.2, 0.25) is 19.6 Å². The minimum absolute atomic E-state index is 0.204. The van der Waals surface area contributed by atoms with Crippen LogP contribution in [0, 0.1) is 17.8 Å². The lowest BCUT2D eigenvalue weighted by molar-refractivity contribution is -0.0224. The van der Waals surface area contributed by atoms with Crippen LogP contribution in [0.3, 0.4) is 0 Å². The summed E-state index contributed by atoms with van der Waals surface area (Å²) in [6.45, 7) is 14.8. The third kappa shape index (κ3) is 4.25. The molecule has 1 N–H and O–H groups in total. The average Bonchev–Trinajstić information content (AvgIpc) is 3.21. The van der Waals surface area contributed by atoms with Crippen molar-refractivity contribution in [2.24, 2.45) is 22.9 Å². The van der Waals surface area contributed by atoms with Gasteiger partial charge < -0.3 is 14.6 Å². The lowest BCUT2D eigenvalue weighted by Gasteiger charge is -2.37. The Morgan fingerprint density at radius 2 is 2.08 bits per heavy atom. The van der Waals surface area contributed by atoms with Gasteiger partial charge in [-0.15, -0.1) is 0 Å². The van der Waals surface area contributed by atoms with Gasteiger partial charge in [-0.2, -0.15) is 5.10 Å². The van der Waals surface area contributed by atoms with E-state index in [1.54, 1.807) is 6.26 Å². The number of hydrogen-bond donors (Lipinski definition) is 1. The monoisotopic (exact) mass is 376 g/mol. The second kappa shape index (κ2) is 7.89.